The number of rotatable bonds is 4. The number of benzene rings is 1. The Morgan fingerprint density at radius 1 is 1.14 bits per heavy atom. The molecule has 2 heterocycles. The van der Waals surface area contributed by atoms with Crippen LogP contribution in [0.15, 0.2) is 39.5 Å². The first kappa shape index (κ1) is 18.8. The lowest BCUT2D eigenvalue weighted by Crippen LogP contribution is -2.41. The minimum absolute atomic E-state index is 0.0542. The van der Waals surface area contributed by atoms with Gasteiger partial charge in [0, 0.05) is 12.5 Å². The Labute approximate surface area is 165 Å². The van der Waals surface area contributed by atoms with Crippen LogP contribution in [0.4, 0.5) is 0 Å². The zero-order valence-corrected chi connectivity index (χ0v) is 16.6. The molecule has 2 aliphatic rings. The maximum absolute atomic E-state index is 13.4. The molecule has 28 heavy (non-hydrogen) atoms. The van der Waals surface area contributed by atoms with E-state index in [-0.39, 0.29) is 17.5 Å². The van der Waals surface area contributed by atoms with Crippen LogP contribution >= 0.6 is 0 Å². The van der Waals surface area contributed by atoms with E-state index in [1.165, 1.54) is 6.42 Å². The monoisotopic (exact) mass is 381 g/mol. The van der Waals surface area contributed by atoms with Crippen LogP contribution in [-0.2, 0) is 0 Å². The van der Waals surface area contributed by atoms with Crippen LogP contribution in [0.5, 0.6) is 5.75 Å². The summed E-state index contributed by atoms with van der Waals surface area (Å²) < 4.78 is 10.9. The van der Waals surface area contributed by atoms with Crippen molar-refractivity contribution in [3.05, 3.63) is 63.2 Å². The molecular weight excluding hydrogens is 354 g/mol. The highest BCUT2D eigenvalue weighted by Gasteiger charge is 2.32. The molecule has 0 bridgehead atoms. The number of carbonyl (C=O) groups excluding carboxylic acids is 1. The first-order chi connectivity index (χ1) is 13.6. The number of aryl methyl sites for hydroxylation is 1. The molecule has 5 nitrogen and oxygen atoms in total. The van der Waals surface area contributed by atoms with E-state index < -0.39 is 5.63 Å². The lowest BCUT2D eigenvalue weighted by atomic mass is 9.83. The molecule has 2 fully saturated rings. The average Bonchev–Trinajstić information content (AvgIpc) is 2.66. The first-order valence-corrected chi connectivity index (χ1v) is 10.2. The summed E-state index contributed by atoms with van der Waals surface area (Å²) in [7, 11) is 1.64. The van der Waals surface area contributed by atoms with Crippen LogP contribution in [-0.4, -0.2) is 24.5 Å². The Bertz CT molecular complexity index is 928. The predicted molar refractivity (Wildman–Crippen MR) is 107 cm³/mol. The Morgan fingerprint density at radius 2 is 1.96 bits per heavy atom. The van der Waals surface area contributed by atoms with Crippen molar-refractivity contribution in [2.45, 2.75) is 57.4 Å². The summed E-state index contributed by atoms with van der Waals surface area (Å²) in [4.78, 5) is 27.9. The van der Waals surface area contributed by atoms with Gasteiger partial charge in [-0.05, 0) is 68.4 Å². The van der Waals surface area contributed by atoms with E-state index >= 15 is 0 Å². The molecule has 4 rings (SSSR count). The third kappa shape index (κ3) is 3.46. The van der Waals surface area contributed by atoms with Gasteiger partial charge in [-0.2, -0.15) is 0 Å². The number of ether oxygens (including phenoxy) is 1. The summed E-state index contributed by atoms with van der Waals surface area (Å²) in [6.07, 6.45) is 6.16. The molecule has 1 saturated carbocycles. The van der Waals surface area contributed by atoms with Gasteiger partial charge in [-0.1, -0.05) is 18.6 Å². The highest BCUT2D eigenvalue weighted by molar-refractivity contribution is 5.95. The number of hydrogen-bond acceptors (Lipinski definition) is 4. The predicted octanol–water partition coefficient (Wildman–Crippen LogP) is 4.59. The Kier molecular flexibility index (Phi) is 5.25. The van der Waals surface area contributed by atoms with Gasteiger partial charge in [-0.25, -0.2) is 4.79 Å². The molecule has 148 valence electrons. The summed E-state index contributed by atoms with van der Waals surface area (Å²) >= 11 is 0. The number of hydrogen-bond donors (Lipinski definition) is 0. The SMILES string of the molecule is COc1cccc(C2CCCCN2C(=O)c2c(C)cc(C3CCC3)oc2=O)c1. The number of amides is 1. The van der Waals surface area contributed by atoms with Gasteiger partial charge in [0.05, 0.1) is 13.2 Å². The number of nitrogens with zero attached hydrogens (tertiary/aromatic N) is 1. The van der Waals surface area contributed by atoms with Crippen LogP contribution in [0.25, 0.3) is 0 Å². The van der Waals surface area contributed by atoms with Crippen molar-refractivity contribution >= 4 is 5.91 Å². The van der Waals surface area contributed by atoms with E-state index in [1.54, 1.807) is 7.11 Å². The zero-order valence-electron chi connectivity index (χ0n) is 16.6. The summed E-state index contributed by atoms with van der Waals surface area (Å²) in [6, 6.07) is 9.68. The molecule has 0 spiro atoms. The largest absolute Gasteiger partial charge is 0.497 e. The van der Waals surface area contributed by atoms with Crippen LogP contribution in [0.2, 0.25) is 0 Å². The van der Waals surface area contributed by atoms with E-state index in [9.17, 15) is 9.59 Å². The van der Waals surface area contributed by atoms with Crippen LogP contribution < -0.4 is 10.4 Å². The quantitative estimate of drug-likeness (QED) is 0.777. The van der Waals surface area contributed by atoms with Crippen molar-refractivity contribution < 1.29 is 13.9 Å². The minimum atomic E-state index is -0.498. The van der Waals surface area contributed by atoms with Crippen LogP contribution in [0.1, 0.15) is 77.7 Å². The minimum Gasteiger partial charge on any atom is -0.497 e. The molecule has 5 heteroatoms. The van der Waals surface area contributed by atoms with E-state index in [4.69, 9.17) is 9.15 Å². The molecule has 1 saturated heterocycles. The lowest BCUT2D eigenvalue weighted by Gasteiger charge is -2.36. The second kappa shape index (κ2) is 7.82. The normalized spacial score (nSPS) is 19.9. The average molecular weight is 381 g/mol. The Balaban J connectivity index is 1.66. The van der Waals surface area contributed by atoms with E-state index in [2.05, 4.69) is 0 Å². The third-order valence-corrected chi connectivity index (χ3v) is 6.13. The molecule has 1 unspecified atom stereocenters. The summed E-state index contributed by atoms with van der Waals surface area (Å²) in [5.74, 6) is 1.61. The van der Waals surface area contributed by atoms with E-state index in [0.717, 1.165) is 54.7 Å². The van der Waals surface area contributed by atoms with Crippen LogP contribution in [0, 0.1) is 6.92 Å². The van der Waals surface area contributed by atoms with Gasteiger partial charge < -0.3 is 14.1 Å². The highest BCUT2D eigenvalue weighted by Crippen LogP contribution is 2.37. The number of likely N-dealkylation sites (tertiary alicyclic amines) is 1. The molecule has 2 aromatic rings. The van der Waals surface area contributed by atoms with Crippen molar-refractivity contribution in [3.63, 3.8) is 0 Å². The molecule has 0 N–H and O–H groups in total. The van der Waals surface area contributed by atoms with E-state index in [0.29, 0.717) is 12.5 Å². The Hall–Kier alpha value is -2.56. The molecule has 0 radical (unpaired) electrons. The second-order valence-electron chi connectivity index (χ2n) is 7.91. The first-order valence-electron chi connectivity index (χ1n) is 10.2. The fourth-order valence-corrected chi connectivity index (χ4v) is 4.30. The summed E-state index contributed by atoms with van der Waals surface area (Å²) in [5, 5.41) is 0. The van der Waals surface area contributed by atoms with E-state index in [1.807, 2.05) is 42.2 Å². The van der Waals surface area contributed by atoms with Crippen molar-refractivity contribution in [1.29, 1.82) is 0 Å². The van der Waals surface area contributed by atoms with Crippen molar-refractivity contribution in [2.75, 3.05) is 13.7 Å². The van der Waals surface area contributed by atoms with Gasteiger partial charge >= 0.3 is 5.63 Å². The molecule has 1 aliphatic carbocycles. The smallest absolute Gasteiger partial charge is 0.349 e. The fraction of sp³-hybridized carbons (Fsp3) is 0.478. The van der Waals surface area contributed by atoms with Crippen molar-refractivity contribution in [3.8, 4) is 5.75 Å². The highest BCUT2D eigenvalue weighted by atomic mass is 16.5. The van der Waals surface area contributed by atoms with Crippen LogP contribution in [0.3, 0.4) is 0 Å². The summed E-state index contributed by atoms with van der Waals surface area (Å²) in [5.41, 5.74) is 1.44. The number of methoxy groups -OCH3 is 1. The molecule has 1 aliphatic heterocycles. The van der Waals surface area contributed by atoms with Crippen molar-refractivity contribution in [1.82, 2.24) is 4.90 Å². The van der Waals surface area contributed by atoms with Gasteiger partial charge in [-0.3, -0.25) is 4.79 Å². The van der Waals surface area contributed by atoms with Gasteiger partial charge in [0.2, 0.25) is 0 Å². The molecule has 1 amide bonds. The maximum Gasteiger partial charge on any atom is 0.349 e. The lowest BCUT2D eigenvalue weighted by molar-refractivity contribution is 0.0605. The second-order valence-corrected chi connectivity index (χ2v) is 7.91. The van der Waals surface area contributed by atoms with Gasteiger partial charge in [0.25, 0.3) is 5.91 Å². The fourth-order valence-electron chi connectivity index (χ4n) is 4.30. The van der Waals surface area contributed by atoms with Crippen molar-refractivity contribution in [2.24, 2.45) is 0 Å². The van der Waals surface area contributed by atoms with Gasteiger partial charge in [-0.15, -0.1) is 0 Å². The molecule has 1 aromatic carbocycles. The standard InChI is InChI=1S/C23H27NO4/c1-15-13-20(16-7-5-8-16)28-23(26)21(15)22(25)24-12-4-3-11-19(24)17-9-6-10-18(14-17)27-2/h6,9-10,13-14,16,19H,3-5,7-8,11-12H2,1-2H3. The maximum atomic E-state index is 13.4. The van der Waals surface area contributed by atoms with Gasteiger partial charge in [0.1, 0.15) is 17.1 Å². The van der Waals surface area contributed by atoms with Gasteiger partial charge in [0.15, 0.2) is 0 Å². The molecule has 1 atom stereocenters. The summed E-state index contributed by atoms with van der Waals surface area (Å²) in [6.45, 7) is 2.49. The Morgan fingerprint density at radius 3 is 2.64 bits per heavy atom. The number of carbonyl (C=O) groups is 1. The molecule has 1 aromatic heterocycles. The molecular formula is C23H27NO4. The topological polar surface area (TPSA) is 59.8 Å². The third-order valence-electron chi connectivity index (χ3n) is 6.13. The zero-order chi connectivity index (χ0) is 19.7. The number of piperidine rings is 1.